The summed E-state index contributed by atoms with van der Waals surface area (Å²) >= 11 is 6.94. The van der Waals surface area contributed by atoms with Gasteiger partial charge in [0.05, 0.1) is 4.34 Å². The molecule has 1 atom stereocenters. The van der Waals surface area contributed by atoms with Crippen LogP contribution >= 0.6 is 22.9 Å². The van der Waals surface area contributed by atoms with E-state index >= 15 is 0 Å². The number of hydrogen-bond acceptors (Lipinski definition) is 5. The Morgan fingerprint density at radius 3 is 2.43 bits per heavy atom. The summed E-state index contributed by atoms with van der Waals surface area (Å²) in [4.78, 5) is 4.71. The van der Waals surface area contributed by atoms with Gasteiger partial charge in [-0.2, -0.15) is 0 Å². The molecule has 23 heavy (non-hydrogen) atoms. The molecule has 2 heterocycles. The highest BCUT2D eigenvalue weighted by Crippen LogP contribution is 2.25. The lowest BCUT2D eigenvalue weighted by molar-refractivity contribution is 0.102. The molecule has 0 amide bonds. The van der Waals surface area contributed by atoms with E-state index in [4.69, 9.17) is 11.6 Å². The number of nitrogens with one attached hydrogen (secondary N) is 1. The molecule has 1 unspecified atom stereocenters. The van der Waals surface area contributed by atoms with Crippen LogP contribution in [0, 0.1) is 5.92 Å². The van der Waals surface area contributed by atoms with Crippen LogP contribution in [0.1, 0.15) is 20.3 Å². The molecule has 0 saturated carbocycles. The van der Waals surface area contributed by atoms with E-state index in [1.165, 1.54) is 0 Å². The molecule has 1 aromatic heterocycles. The molecular formula is C15H26ClN3O2S2. The molecule has 132 valence electrons. The van der Waals surface area contributed by atoms with E-state index in [0.717, 1.165) is 43.9 Å². The van der Waals surface area contributed by atoms with Crippen LogP contribution in [0.25, 0.3) is 0 Å². The van der Waals surface area contributed by atoms with Crippen molar-refractivity contribution in [2.45, 2.75) is 30.5 Å². The second-order valence-electron chi connectivity index (χ2n) is 6.53. The first kappa shape index (κ1) is 19.1. The summed E-state index contributed by atoms with van der Waals surface area (Å²) in [5.74, 6) is 0.528. The molecule has 0 aromatic carbocycles. The minimum atomic E-state index is -3.47. The summed E-state index contributed by atoms with van der Waals surface area (Å²) in [5, 5.41) is 0. The van der Waals surface area contributed by atoms with Gasteiger partial charge in [-0.15, -0.1) is 11.3 Å². The van der Waals surface area contributed by atoms with Crippen LogP contribution < -0.4 is 4.72 Å². The molecule has 8 heteroatoms. The molecule has 1 aliphatic rings. The van der Waals surface area contributed by atoms with Crippen molar-refractivity contribution in [2.75, 3.05) is 39.8 Å². The highest BCUT2D eigenvalue weighted by atomic mass is 35.5. The smallest absolute Gasteiger partial charge is 0.250 e. The molecule has 5 nitrogen and oxygen atoms in total. The van der Waals surface area contributed by atoms with Crippen molar-refractivity contribution >= 4 is 33.0 Å². The fourth-order valence-electron chi connectivity index (χ4n) is 2.81. The Morgan fingerprint density at radius 1 is 1.26 bits per heavy atom. The Balaban J connectivity index is 2.00. The van der Waals surface area contributed by atoms with Crippen molar-refractivity contribution in [3.05, 3.63) is 16.5 Å². The van der Waals surface area contributed by atoms with Gasteiger partial charge in [-0.05, 0) is 31.5 Å². The first-order valence-corrected chi connectivity index (χ1v) is 10.6. The van der Waals surface area contributed by atoms with Crippen molar-refractivity contribution in [2.24, 2.45) is 5.92 Å². The van der Waals surface area contributed by atoms with Gasteiger partial charge in [-0.1, -0.05) is 25.4 Å². The Labute approximate surface area is 148 Å². The SMILES string of the molecule is CC(C)CC(CNS(=O)(=O)c1ccc(Cl)s1)N1CCN(C)CC1. The second kappa shape index (κ2) is 8.27. The van der Waals surface area contributed by atoms with Gasteiger partial charge in [0.15, 0.2) is 0 Å². The van der Waals surface area contributed by atoms with Gasteiger partial charge >= 0.3 is 0 Å². The van der Waals surface area contributed by atoms with Crippen molar-refractivity contribution in [1.29, 1.82) is 0 Å². The van der Waals surface area contributed by atoms with Crippen molar-refractivity contribution in [3.8, 4) is 0 Å². The van der Waals surface area contributed by atoms with E-state index in [0.29, 0.717) is 16.8 Å². The van der Waals surface area contributed by atoms with Gasteiger partial charge in [0.2, 0.25) is 10.0 Å². The van der Waals surface area contributed by atoms with Gasteiger partial charge in [0, 0.05) is 38.8 Å². The second-order valence-corrected chi connectivity index (χ2v) is 10.2. The minimum Gasteiger partial charge on any atom is -0.304 e. The Kier molecular flexibility index (Phi) is 6.88. The summed E-state index contributed by atoms with van der Waals surface area (Å²) in [7, 11) is -1.35. The van der Waals surface area contributed by atoms with Crippen LogP contribution in [0.2, 0.25) is 4.34 Å². The molecule has 0 bridgehead atoms. The van der Waals surface area contributed by atoms with Crippen LogP contribution in [0.4, 0.5) is 0 Å². The molecule has 1 aliphatic heterocycles. The van der Waals surface area contributed by atoms with Crippen LogP contribution in [0.5, 0.6) is 0 Å². The average Bonchev–Trinajstić information content (AvgIpc) is 2.91. The van der Waals surface area contributed by atoms with Crippen molar-refractivity contribution < 1.29 is 8.42 Å². The average molecular weight is 380 g/mol. The summed E-state index contributed by atoms with van der Waals surface area (Å²) in [6.07, 6.45) is 0.984. The Hall–Kier alpha value is -0.180. The van der Waals surface area contributed by atoms with Crippen LogP contribution in [0.3, 0.4) is 0 Å². The van der Waals surface area contributed by atoms with Gasteiger partial charge in [0.25, 0.3) is 0 Å². The van der Waals surface area contributed by atoms with E-state index in [-0.39, 0.29) is 10.3 Å². The quantitative estimate of drug-likeness (QED) is 0.790. The number of rotatable bonds is 7. The number of likely N-dealkylation sites (N-methyl/N-ethyl adjacent to an activating group) is 1. The number of thiophene rings is 1. The number of piperazine rings is 1. The predicted molar refractivity (Wildman–Crippen MR) is 96.8 cm³/mol. The molecule has 0 radical (unpaired) electrons. The third-order valence-corrected chi connectivity index (χ3v) is 7.27. The maximum Gasteiger partial charge on any atom is 0.250 e. The highest BCUT2D eigenvalue weighted by Gasteiger charge is 2.25. The number of nitrogens with zero attached hydrogens (tertiary/aromatic N) is 2. The molecule has 2 rings (SSSR count). The monoisotopic (exact) mass is 379 g/mol. The lowest BCUT2D eigenvalue weighted by Gasteiger charge is -2.38. The summed E-state index contributed by atoms with van der Waals surface area (Å²) in [6, 6.07) is 3.41. The first-order valence-electron chi connectivity index (χ1n) is 7.95. The third kappa shape index (κ3) is 5.69. The summed E-state index contributed by atoms with van der Waals surface area (Å²) in [5.41, 5.74) is 0. The minimum absolute atomic E-state index is 0.230. The number of halogens is 1. The van der Waals surface area contributed by atoms with E-state index < -0.39 is 10.0 Å². The number of sulfonamides is 1. The molecule has 1 aromatic rings. The predicted octanol–water partition coefficient (Wildman–Crippen LogP) is 2.34. The standard InChI is InChI=1S/C15H26ClN3O2S2/c1-12(2)10-13(19-8-6-18(3)7-9-19)11-17-23(20,21)15-5-4-14(16)22-15/h4-5,12-13,17H,6-11H2,1-3H3. The summed E-state index contributed by atoms with van der Waals surface area (Å²) in [6.45, 7) is 8.83. The lowest BCUT2D eigenvalue weighted by Crippen LogP contribution is -2.52. The first-order chi connectivity index (χ1) is 10.8. The van der Waals surface area contributed by atoms with Gasteiger partial charge in [0.1, 0.15) is 4.21 Å². The maximum absolute atomic E-state index is 12.4. The fraction of sp³-hybridized carbons (Fsp3) is 0.733. The van der Waals surface area contributed by atoms with E-state index in [1.807, 2.05) is 0 Å². The fourth-order valence-corrected chi connectivity index (χ4v) is 5.41. The van der Waals surface area contributed by atoms with Crippen LogP contribution in [0.15, 0.2) is 16.3 Å². The molecule has 1 N–H and O–H groups in total. The Morgan fingerprint density at radius 2 is 1.91 bits per heavy atom. The van der Waals surface area contributed by atoms with E-state index in [9.17, 15) is 8.42 Å². The highest BCUT2D eigenvalue weighted by molar-refractivity contribution is 7.91. The zero-order valence-electron chi connectivity index (χ0n) is 14.0. The summed E-state index contributed by atoms with van der Waals surface area (Å²) < 4.78 is 28.3. The Bertz CT molecular complexity index is 596. The third-order valence-electron chi connectivity index (χ3n) is 4.12. The van der Waals surface area contributed by atoms with E-state index in [2.05, 4.69) is 35.4 Å². The molecular weight excluding hydrogens is 354 g/mol. The normalized spacial score (nSPS) is 19.3. The maximum atomic E-state index is 12.4. The van der Waals surface area contributed by atoms with E-state index in [1.54, 1.807) is 12.1 Å². The topological polar surface area (TPSA) is 52.7 Å². The van der Waals surface area contributed by atoms with Crippen molar-refractivity contribution in [1.82, 2.24) is 14.5 Å². The lowest BCUT2D eigenvalue weighted by atomic mass is 10.0. The largest absolute Gasteiger partial charge is 0.304 e. The van der Waals surface area contributed by atoms with Gasteiger partial charge in [-0.25, -0.2) is 13.1 Å². The zero-order valence-corrected chi connectivity index (χ0v) is 16.3. The van der Waals surface area contributed by atoms with Crippen LogP contribution in [-0.4, -0.2) is 64.0 Å². The number of hydrogen-bond donors (Lipinski definition) is 1. The van der Waals surface area contributed by atoms with Gasteiger partial charge < -0.3 is 4.90 Å². The molecule has 1 fully saturated rings. The van der Waals surface area contributed by atoms with Crippen molar-refractivity contribution in [3.63, 3.8) is 0 Å². The van der Waals surface area contributed by atoms with Crippen LogP contribution in [-0.2, 0) is 10.0 Å². The molecule has 0 spiro atoms. The van der Waals surface area contributed by atoms with Gasteiger partial charge in [-0.3, -0.25) is 4.90 Å². The molecule has 1 saturated heterocycles. The zero-order chi connectivity index (χ0) is 17.0. The molecule has 0 aliphatic carbocycles.